The highest BCUT2D eigenvalue weighted by Gasteiger charge is 2.22. The van der Waals surface area contributed by atoms with Crippen LogP contribution in [-0.2, 0) is 9.59 Å². The normalized spacial score (nSPS) is 10.1. The first-order valence-corrected chi connectivity index (χ1v) is 5.96. The number of aryl methyl sites for hydroxylation is 1. The van der Waals surface area contributed by atoms with Crippen molar-refractivity contribution >= 4 is 17.8 Å². The number of nitrogens with zero attached hydrogens (tertiary/aromatic N) is 1. The van der Waals surface area contributed by atoms with Gasteiger partial charge in [-0.2, -0.15) is 0 Å². The van der Waals surface area contributed by atoms with Gasteiger partial charge in [0.15, 0.2) is 0 Å². The zero-order chi connectivity index (χ0) is 16.3. The van der Waals surface area contributed by atoms with Crippen LogP contribution in [0.4, 0.5) is 4.39 Å². The SMILES string of the molecule is Cc1onc(-c2ccc(F)cc2)c1C(=O)NNC(=O)C(=O)O. The molecular weight excluding hydrogens is 297 g/mol. The molecule has 0 radical (unpaired) electrons. The van der Waals surface area contributed by atoms with Gasteiger partial charge in [-0.3, -0.25) is 20.4 Å². The number of rotatable bonds is 2. The number of carbonyl (C=O) groups is 3. The van der Waals surface area contributed by atoms with Crippen LogP contribution in [0, 0.1) is 12.7 Å². The fourth-order valence-corrected chi connectivity index (χ4v) is 1.67. The largest absolute Gasteiger partial charge is 0.474 e. The van der Waals surface area contributed by atoms with Crippen LogP contribution >= 0.6 is 0 Å². The molecule has 3 N–H and O–H groups in total. The van der Waals surface area contributed by atoms with Gasteiger partial charge in [0.05, 0.1) is 0 Å². The number of carbonyl (C=O) groups excluding carboxylic acids is 2. The van der Waals surface area contributed by atoms with Crippen LogP contribution < -0.4 is 10.9 Å². The highest BCUT2D eigenvalue weighted by Crippen LogP contribution is 2.25. The molecule has 0 bridgehead atoms. The van der Waals surface area contributed by atoms with E-state index in [4.69, 9.17) is 9.63 Å². The maximum Gasteiger partial charge on any atom is 0.396 e. The topological polar surface area (TPSA) is 122 Å². The molecule has 2 aromatic rings. The highest BCUT2D eigenvalue weighted by atomic mass is 19.1. The molecule has 0 saturated heterocycles. The quantitative estimate of drug-likeness (QED) is 0.553. The van der Waals surface area contributed by atoms with Gasteiger partial charge >= 0.3 is 11.9 Å². The summed E-state index contributed by atoms with van der Waals surface area (Å²) < 4.78 is 17.8. The Morgan fingerprint density at radius 3 is 2.41 bits per heavy atom. The molecule has 22 heavy (non-hydrogen) atoms. The Bertz CT molecular complexity index is 739. The minimum Gasteiger partial charge on any atom is -0.474 e. The van der Waals surface area contributed by atoms with E-state index in [2.05, 4.69) is 5.16 Å². The first-order chi connectivity index (χ1) is 10.4. The van der Waals surface area contributed by atoms with Gasteiger partial charge in [0.1, 0.15) is 22.8 Å². The van der Waals surface area contributed by atoms with Crippen molar-refractivity contribution in [2.75, 3.05) is 0 Å². The summed E-state index contributed by atoms with van der Waals surface area (Å²) in [5, 5.41) is 12.1. The number of hydrogen-bond acceptors (Lipinski definition) is 5. The van der Waals surface area contributed by atoms with Crippen molar-refractivity contribution in [3.05, 3.63) is 41.4 Å². The van der Waals surface area contributed by atoms with Gasteiger partial charge in [-0.1, -0.05) is 5.16 Å². The molecule has 0 aliphatic rings. The van der Waals surface area contributed by atoms with Gasteiger partial charge < -0.3 is 9.63 Å². The number of hydrazine groups is 1. The molecule has 0 saturated carbocycles. The van der Waals surface area contributed by atoms with Crippen LogP contribution in [0.1, 0.15) is 16.1 Å². The molecule has 9 heteroatoms. The van der Waals surface area contributed by atoms with Crippen molar-refractivity contribution in [1.29, 1.82) is 0 Å². The molecule has 0 fully saturated rings. The zero-order valence-electron chi connectivity index (χ0n) is 11.2. The van der Waals surface area contributed by atoms with Crippen LogP contribution in [0.15, 0.2) is 28.8 Å². The fraction of sp³-hybridized carbons (Fsp3) is 0.0769. The number of aromatic nitrogens is 1. The lowest BCUT2D eigenvalue weighted by Crippen LogP contribution is -2.45. The van der Waals surface area contributed by atoms with Crippen LogP contribution in [0.25, 0.3) is 11.3 Å². The second kappa shape index (κ2) is 6.04. The van der Waals surface area contributed by atoms with E-state index >= 15 is 0 Å². The van der Waals surface area contributed by atoms with Crippen LogP contribution in [0.5, 0.6) is 0 Å². The highest BCUT2D eigenvalue weighted by molar-refractivity contribution is 6.31. The van der Waals surface area contributed by atoms with Crippen molar-refractivity contribution < 1.29 is 28.4 Å². The Morgan fingerprint density at radius 1 is 1.18 bits per heavy atom. The van der Waals surface area contributed by atoms with Crippen molar-refractivity contribution in [3.63, 3.8) is 0 Å². The molecule has 1 aromatic heterocycles. The molecule has 114 valence electrons. The lowest BCUT2D eigenvalue weighted by Gasteiger charge is -2.05. The number of hydrogen-bond donors (Lipinski definition) is 3. The van der Waals surface area contributed by atoms with Crippen molar-refractivity contribution in [3.8, 4) is 11.3 Å². The van der Waals surface area contributed by atoms with Gasteiger partial charge in [-0.05, 0) is 31.2 Å². The van der Waals surface area contributed by atoms with Crippen molar-refractivity contribution in [1.82, 2.24) is 16.0 Å². The Kier molecular flexibility index (Phi) is 4.16. The minimum atomic E-state index is -1.75. The van der Waals surface area contributed by atoms with Gasteiger partial charge in [-0.25, -0.2) is 9.18 Å². The molecule has 2 rings (SSSR count). The number of carboxylic acids is 1. The predicted octanol–water partition coefficient (Wildman–Crippen LogP) is 0.635. The van der Waals surface area contributed by atoms with E-state index < -0.39 is 23.6 Å². The number of benzene rings is 1. The van der Waals surface area contributed by atoms with Crippen LogP contribution in [0.3, 0.4) is 0 Å². The average molecular weight is 307 g/mol. The maximum absolute atomic E-state index is 12.9. The summed E-state index contributed by atoms with van der Waals surface area (Å²) in [5.41, 5.74) is 4.21. The Morgan fingerprint density at radius 2 is 1.82 bits per heavy atom. The van der Waals surface area contributed by atoms with Gasteiger partial charge in [0.25, 0.3) is 5.91 Å². The standard InChI is InChI=1S/C13H10FN3O5/c1-6-9(11(18)15-16-12(19)13(20)21)10(17-22-6)7-2-4-8(14)5-3-7/h2-5H,1H3,(H,15,18)(H,16,19)(H,20,21). The summed E-state index contributed by atoms with van der Waals surface area (Å²) in [6.07, 6.45) is 0. The maximum atomic E-state index is 12.9. The number of amides is 2. The van der Waals surface area contributed by atoms with E-state index in [0.29, 0.717) is 5.56 Å². The Balaban J connectivity index is 2.26. The summed E-state index contributed by atoms with van der Waals surface area (Å²) in [6, 6.07) is 5.18. The number of carboxylic acid groups (broad SMARTS) is 1. The summed E-state index contributed by atoms with van der Waals surface area (Å²) in [4.78, 5) is 33.3. The predicted molar refractivity (Wildman–Crippen MR) is 69.9 cm³/mol. The van der Waals surface area contributed by atoms with Crippen molar-refractivity contribution in [2.45, 2.75) is 6.92 Å². The summed E-state index contributed by atoms with van der Waals surface area (Å²) >= 11 is 0. The number of aliphatic carboxylic acids is 1. The molecule has 0 aliphatic carbocycles. The minimum absolute atomic E-state index is 0.00250. The zero-order valence-corrected chi connectivity index (χ0v) is 11.2. The Hall–Kier alpha value is -3.23. The first-order valence-electron chi connectivity index (χ1n) is 5.96. The van der Waals surface area contributed by atoms with E-state index in [-0.39, 0.29) is 17.0 Å². The molecule has 2 amide bonds. The van der Waals surface area contributed by atoms with Crippen LogP contribution in [-0.4, -0.2) is 28.0 Å². The molecule has 8 nitrogen and oxygen atoms in total. The third-order valence-electron chi connectivity index (χ3n) is 2.69. The molecule has 1 aromatic carbocycles. The van der Waals surface area contributed by atoms with E-state index in [0.717, 1.165) is 0 Å². The number of halogens is 1. The van der Waals surface area contributed by atoms with Crippen molar-refractivity contribution in [2.24, 2.45) is 0 Å². The Labute approximate surface area is 122 Å². The van der Waals surface area contributed by atoms with Gasteiger partial charge in [0.2, 0.25) is 0 Å². The monoisotopic (exact) mass is 307 g/mol. The van der Waals surface area contributed by atoms with Gasteiger partial charge in [-0.15, -0.1) is 0 Å². The fourth-order valence-electron chi connectivity index (χ4n) is 1.67. The van der Waals surface area contributed by atoms with E-state index in [1.165, 1.54) is 31.2 Å². The summed E-state index contributed by atoms with van der Waals surface area (Å²) in [5.74, 6) is -4.26. The molecule has 0 unspecified atom stereocenters. The molecule has 0 spiro atoms. The molecule has 0 atom stereocenters. The second-order valence-electron chi connectivity index (χ2n) is 4.18. The smallest absolute Gasteiger partial charge is 0.396 e. The third kappa shape index (κ3) is 3.08. The molecule has 1 heterocycles. The average Bonchev–Trinajstić information content (AvgIpc) is 2.87. The third-order valence-corrected chi connectivity index (χ3v) is 2.69. The first kappa shape index (κ1) is 15.2. The van der Waals surface area contributed by atoms with E-state index in [9.17, 15) is 18.8 Å². The number of nitrogens with one attached hydrogen (secondary N) is 2. The molecule has 0 aliphatic heterocycles. The molecular formula is C13H10FN3O5. The summed E-state index contributed by atoms with van der Waals surface area (Å²) in [6.45, 7) is 1.47. The second-order valence-corrected chi connectivity index (χ2v) is 4.18. The lowest BCUT2D eigenvalue weighted by molar-refractivity contribution is -0.150. The summed E-state index contributed by atoms with van der Waals surface area (Å²) in [7, 11) is 0. The van der Waals surface area contributed by atoms with Crippen LogP contribution in [0.2, 0.25) is 0 Å². The lowest BCUT2D eigenvalue weighted by atomic mass is 10.1. The van der Waals surface area contributed by atoms with E-state index in [1.807, 2.05) is 5.43 Å². The van der Waals surface area contributed by atoms with Gasteiger partial charge in [0, 0.05) is 5.56 Å². The van der Waals surface area contributed by atoms with E-state index in [1.54, 1.807) is 5.43 Å².